The van der Waals surface area contributed by atoms with Gasteiger partial charge in [-0.2, -0.15) is 0 Å². The predicted octanol–water partition coefficient (Wildman–Crippen LogP) is 4.56. The number of rotatable bonds is 4. The minimum atomic E-state index is 0.685. The van der Waals surface area contributed by atoms with Crippen molar-refractivity contribution in [2.24, 2.45) is 17.3 Å². The molecule has 2 saturated carbocycles. The molecular formula is C14H24. The average Bonchev–Trinajstić information content (AvgIpc) is 2.95. The molecule has 2 atom stereocenters. The third-order valence-corrected chi connectivity index (χ3v) is 4.41. The van der Waals surface area contributed by atoms with Gasteiger partial charge in [-0.1, -0.05) is 38.8 Å². The maximum atomic E-state index is 2.54. The second-order valence-electron chi connectivity index (χ2n) is 5.50. The first-order valence-electron chi connectivity index (χ1n) is 6.44. The quantitative estimate of drug-likeness (QED) is 0.573. The van der Waals surface area contributed by atoms with Gasteiger partial charge in [0.05, 0.1) is 0 Å². The Morgan fingerprint density at radius 1 is 1.29 bits per heavy atom. The van der Waals surface area contributed by atoms with Gasteiger partial charge >= 0.3 is 0 Å². The zero-order chi connectivity index (χ0) is 10.0. The molecule has 2 aliphatic rings. The van der Waals surface area contributed by atoms with E-state index in [9.17, 15) is 0 Å². The number of unbranched alkanes of at least 4 members (excludes halogenated alkanes) is 1. The topological polar surface area (TPSA) is 0 Å². The van der Waals surface area contributed by atoms with E-state index in [-0.39, 0.29) is 0 Å². The summed E-state index contributed by atoms with van der Waals surface area (Å²) in [6, 6.07) is 0. The summed E-state index contributed by atoms with van der Waals surface area (Å²) < 4.78 is 0. The van der Waals surface area contributed by atoms with Gasteiger partial charge in [-0.05, 0) is 49.4 Å². The Balaban J connectivity index is 1.95. The van der Waals surface area contributed by atoms with Crippen molar-refractivity contribution in [1.82, 2.24) is 0 Å². The molecule has 0 bridgehead atoms. The van der Waals surface area contributed by atoms with Crippen LogP contribution in [-0.4, -0.2) is 0 Å². The number of hydrogen-bond donors (Lipinski definition) is 0. The molecule has 0 amide bonds. The standard InChI is InChI=1S/C14H24/c1-3-4-5-7-12-8-6-11-14(12,2)13-9-10-13/h5,7,12-13H,3-4,6,8-11H2,1-2H3/b7-5+. The highest BCUT2D eigenvalue weighted by atomic mass is 14.5. The molecule has 2 fully saturated rings. The summed E-state index contributed by atoms with van der Waals surface area (Å²) in [6.07, 6.45) is 15.0. The van der Waals surface area contributed by atoms with Crippen LogP contribution in [0.2, 0.25) is 0 Å². The molecule has 14 heavy (non-hydrogen) atoms. The molecule has 0 aromatic rings. The number of hydrogen-bond acceptors (Lipinski definition) is 0. The number of allylic oxidation sites excluding steroid dienone is 2. The second kappa shape index (κ2) is 4.08. The van der Waals surface area contributed by atoms with Gasteiger partial charge in [0.2, 0.25) is 0 Å². The van der Waals surface area contributed by atoms with E-state index in [2.05, 4.69) is 26.0 Å². The molecule has 0 aliphatic heterocycles. The Bertz CT molecular complexity index is 212. The van der Waals surface area contributed by atoms with Crippen molar-refractivity contribution in [3.63, 3.8) is 0 Å². The molecule has 0 nitrogen and oxygen atoms in total. The Morgan fingerprint density at radius 3 is 2.71 bits per heavy atom. The van der Waals surface area contributed by atoms with Crippen molar-refractivity contribution in [1.29, 1.82) is 0 Å². The van der Waals surface area contributed by atoms with Gasteiger partial charge in [-0.25, -0.2) is 0 Å². The van der Waals surface area contributed by atoms with E-state index in [0.29, 0.717) is 5.41 Å². The van der Waals surface area contributed by atoms with Gasteiger partial charge in [0.1, 0.15) is 0 Å². The fourth-order valence-electron chi connectivity index (χ4n) is 3.21. The van der Waals surface area contributed by atoms with Gasteiger partial charge in [0, 0.05) is 0 Å². The largest absolute Gasteiger partial charge is 0.0882 e. The van der Waals surface area contributed by atoms with Gasteiger partial charge in [-0.3, -0.25) is 0 Å². The zero-order valence-corrected chi connectivity index (χ0v) is 9.76. The van der Waals surface area contributed by atoms with Gasteiger partial charge in [0.25, 0.3) is 0 Å². The predicted molar refractivity (Wildman–Crippen MR) is 62.2 cm³/mol. The Morgan fingerprint density at radius 2 is 2.07 bits per heavy atom. The minimum absolute atomic E-state index is 0.685. The molecule has 0 heterocycles. The second-order valence-corrected chi connectivity index (χ2v) is 5.50. The lowest BCUT2D eigenvalue weighted by molar-refractivity contribution is 0.226. The zero-order valence-electron chi connectivity index (χ0n) is 9.76. The average molecular weight is 192 g/mol. The van der Waals surface area contributed by atoms with Crippen molar-refractivity contribution < 1.29 is 0 Å². The Hall–Kier alpha value is -0.260. The van der Waals surface area contributed by atoms with E-state index in [1.165, 1.54) is 44.9 Å². The summed E-state index contributed by atoms with van der Waals surface area (Å²) in [4.78, 5) is 0. The molecule has 80 valence electrons. The van der Waals surface area contributed by atoms with Crippen molar-refractivity contribution in [2.75, 3.05) is 0 Å². The third kappa shape index (κ3) is 1.89. The normalized spacial score (nSPS) is 38.3. The Kier molecular flexibility index (Phi) is 2.99. The summed E-state index contributed by atoms with van der Waals surface area (Å²) in [7, 11) is 0. The van der Waals surface area contributed by atoms with Crippen molar-refractivity contribution in [2.45, 2.75) is 58.8 Å². The summed E-state index contributed by atoms with van der Waals surface area (Å²) in [6.45, 7) is 4.80. The van der Waals surface area contributed by atoms with Crippen LogP contribution in [-0.2, 0) is 0 Å². The molecule has 0 N–H and O–H groups in total. The van der Waals surface area contributed by atoms with Crippen LogP contribution in [0.25, 0.3) is 0 Å². The molecular weight excluding hydrogens is 168 g/mol. The van der Waals surface area contributed by atoms with Crippen molar-refractivity contribution >= 4 is 0 Å². The Labute approximate surface area is 88.8 Å². The van der Waals surface area contributed by atoms with Crippen LogP contribution < -0.4 is 0 Å². The molecule has 0 saturated heterocycles. The third-order valence-electron chi connectivity index (χ3n) is 4.41. The van der Waals surface area contributed by atoms with Crippen LogP contribution in [0.5, 0.6) is 0 Å². The molecule has 0 radical (unpaired) electrons. The molecule has 0 aromatic heterocycles. The van der Waals surface area contributed by atoms with Crippen LogP contribution in [0.15, 0.2) is 12.2 Å². The molecule has 0 spiro atoms. The lowest BCUT2D eigenvalue weighted by Gasteiger charge is -2.29. The fraction of sp³-hybridized carbons (Fsp3) is 0.857. The maximum absolute atomic E-state index is 2.54. The summed E-state index contributed by atoms with van der Waals surface area (Å²) >= 11 is 0. The van der Waals surface area contributed by atoms with Crippen LogP contribution in [0.4, 0.5) is 0 Å². The monoisotopic (exact) mass is 192 g/mol. The molecule has 2 aliphatic carbocycles. The van der Waals surface area contributed by atoms with Crippen LogP contribution in [0.1, 0.15) is 58.8 Å². The van der Waals surface area contributed by atoms with Crippen LogP contribution >= 0.6 is 0 Å². The highest BCUT2D eigenvalue weighted by Crippen LogP contribution is 2.57. The van der Waals surface area contributed by atoms with Crippen molar-refractivity contribution in [3.8, 4) is 0 Å². The molecule has 2 unspecified atom stereocenters. The summed E-state index contributed by atoms with van der Waals surface area (Å²) in [5.74, 6) is 1.97. The van der Waals surface area contributed by atoms with Gasteiger partial charge < -0.3 is 0 Å². The lowest BCUT2D eigenvalue weighted by Crippen LogP contribution is -2.22. The minimum Gasteiger partial charge on any atom is -0.0882 e. The van der Waals surface area contributed by atoms with E-state index in [4.69, 9.17) is 0 Å². The van der Waals surface area contributed by atoms with E-state index in [0.717, 1.165) is 11.8 Å². The van der Waals surface area contributed by atoms with Gasteiger partial charge in [0.15, 0.2) is 0 Å². The lowest BCUT2D eigenvalue weighted by atomic mass is 9.75. The highest BCUT2D eigenvalue weighted by Gasteiger charge is 2.47. The van der Waals surface area contributed by atoms with Crippen molar-refractivity contribution in [3.05, 3.63) is 12.2 Å². The smallest absolute Gasteiger partial charge is 0.0177 e. The first kappa shape index (κ1) is 10.3. The first-order chi connectivity index (χ1) is 6.77. The van der Waals surface area contributed by atoms with E-state index < -0.39 is 0 Å². The fourth-order valence-corrected chi connectivity index (χ4v) is 3.21. The SMILES string of the molecule is CCC/C=C/C1CCCC1(C)C1CC1. The molecule has 0 heteroatoms. The van der Waals surface area contributed by atoms with E-state index >= 15 is 0 Å². The van der Waals surface area contributed by atoms with Crippen LogP contribution in [0.3, 0.4) is 0 Å². The maximum Gasteiger partial charge on any atom is -0.0177 e. The summed E-state index contributed by atoms with van der Waals surface area (Å²) in [5.41, 5.74) is 0.685. The van der Waals surface area contributed by atoms with E-state index in [1.54, 1.807) is 0 Å². The van der Waals surface area contributed by atoms with E-state index in [1.807, 2.05) is 0 Å². The van der Waals surface area contributed by atoms with Gasteiger partial charge in [-0.15, -0.1) is 0 Å². The highest BCUT2D eigenvalue weighted by molar-refractivity contribution is 5.06. The van der Waals surface area contributed by atoms with Crippen LogP contribution in [0, 0.1) is 17.3 Å². The molecule has 0 aromatic carbocycles. The first-order valence-corrected chi connectivity index (χ1v) is 6.44. The molecule has 2 rings (SSSR count). The summed E-state index contributed by atoms with van der Waals surface area (Å²) in [5, 5.41) is 0.